The van der Waals surface area contributed by atoms with Gasteiger partial charge in [-0.1, -0.05) is 34.1 Å². The Bertz CT molecular complexity index is 496. The maximum Gasteiger partial charge on any atom is 0.120 e. The van der Waals surface area contributed by atoms with Crippen molar-refractivity contribution >= 4 is 21.6 Å². The highest BCUT2D eigenvalue weighted by atomic mass is 79.9. The second kappa shape index (κ2) is 5.23. The fourth-order valence-corrected chi connectivity index (χ4v) is 1.99. The fraction of sp³-hybridized carbons (Fsp3) is 0.143. The summed E-state index contributed by atoms with van der Waals surface area (Å²) in [5.41, 5.74) is 1.93. The van der Waals surface area contributed by atoms with Crippen molar-refractivity contribution in [2.75, 3.05) is 5.32 Å². The molecule has 0 heterocycles. The molecule has 0 saturated heterocycles. The molecule has 0 amide bonds. The minimum atomic E-state index is 0.0670. The maximum absolute atomic E-state index is 9.76. The number of anilines is 1. The second-order valence-electron chi connectivity index (χ2n) is 3.93. The summed E-state index contributed by atoms with van der Waals surface area (Å²) in [6.45, 7) is 2.02. The summed E-state index contributed by atoms with van der Waals surface area (Å²) in [5.74, 6) is 0.324. The Kier molecular flexibility index (Phi) is 3.69. The highest BCUT2D eigenvalue weighted by molar-refractivity contribution is 9.10. The van der Waals surface area contributed by atoms with Crippen LogP contribution in [0.1, 0.15) is 18.5 Å². The van der Waals surface area contributed by atoms with Gasteiger partial charge in [-0.3, -0.25) is 0 Å². The Morgan fingerprint density at radius 2 is 1.71 bits per heavy atom. The molecular formula is C14H14BrNO. The largest absolute Gasteiger partial charge is 0.508 e. The van der Waals surface area contributed by atoms with E-state index in [0.717, 1.165) is 15.7 Å². The standard InChI is InChI=1S/C14H14BrNO/c1-10(13-4-2-3-5-14(13)17)16-12-8-6-11(15)7-9-12/h2-10,16-17H,1H3. The van der Waals surface area contributed by atoms with Gasteiger partial charge >= 0.3 is 0 Å². The molecule has 0 bridgehead atoms. The lowest BCUT2D eigenvalue weighted by molar-refractivity contribution is 0.465. The van der Waals surface area contributed by atoms with Crippen LogP contribution in [0.4, 0.5) is 5.69 Å². The summed E-state index contributed by atoms with van der Waals surface area (Å²) >= 11 is 3.40. The third-order valence-corrected chi connectivity index (χ3v) is 3.16. The predicted octanol–water partition coefficient (Wildman–Crippen LogP) is 4.33. The normalized spacial score (nSPS) is 12.1. The fourth-order valence-electron chi connectivity index (χ4n) is 1.73. The Hall–Kier alpha value is -1.48. The number of phenolic OH excluding ortho intramolecular Hbond substituents is 1. The summed E-state index contributed by atoms with van der Waals surface area (Å²) in [5, 5.41) is 13.1. The quantitative estimate of drug-likeness (QED) is 0.882. The first-order valence-corrected chi connectivity index (χ1v) is 6.26. The number of aromatic hydroxyl groups is 1. The topological polar surface area (TPSA) is 32.3 Å². The molecule has 0 aliphatic heterocycles. The lowest BCUT2D eigenvalue weighted by Gasteiger charge is -2.16. The molecule has 0 aliphatic carbocycles. The predicted molar refractivity (Wildman–Crippen MR) is 74.3 cm³/mol. The Morgan fingerprint density at radius 1 is 1.06 bits per heavy atom. The van der Waals surface area contributed by atoms with Crippen molar-refractivity contribution < 1.29 is 5.11 Å². The average molecular weight is 292 g/mol. The van der Waals surface area contributed by atoms with Crippen LogP contribution in [0.3, 0.4) is 0 Å². The molecule has 0 saturated carbocycles. The van der Waals surface area contributed by atoms with Crippen molar-refractivity contribution in [2.45, 2.75) is 13.0 Å². The summed E-state index contributed by atoms with van der Waals surface area (Å²) in [7, 11) is 0. The van der Waals surface area contributed by atoms with Gasteiger partial charge in [0.1, 0.15) is 5.75 Å². The lowest BCUT2D eigenvalue weighted by atomic mass is 10.1. The molecule has 17 heavy (non-hydrogen) atoms. The van der Waals surface area contributed by atoms with E-state index < -0.39 is 0 Å². The van der Waals surface area contributed by atoms with Crippen molar-refractivity contribution in [3.63, 3.8) is 0 Å². The smallest absolute Gasteiger partial charge is 0.120 e. The van der Waals surface area contributed by atoms with E-state index in [9.17, 15) is 5.11 Å². The van der Waals surface area contributed by atoms with Crippen LogP contribution in [0, 0.1) is 0 Å². The molecule has 0 fully saturated rings. The number of halogens is 1. The number of hydrogen-bond acceptors (Lipinski definition) is 2. The summed E-state index contributed by atoms with van der Waals surface area (Å²) in [4.78, 5) is 0. The van der Waals surface area contributed by atoms with Crippen LogP contribution in [0.5, 0.6) is 5.75 Å². The minimum absolute atomic E-state index is 0.0670. The van der Waals surface area contributed by atoms with Gasteiger partial charge in [0.15, 0.2) is 0 Å². The molecule has 2 N–H and O–H groups in total. The molecule has 2 aromatic rings. The molecule has 2 aromatic carbocycles. The zero-order valence-corrected chi connectivity index (χ0v) is 11.1. The molecule has 0 aliphatic rings. The minimum Gasteiger partial charge on any atom is -0.508 e. The van der Waals surface area contributed by atoms with Crippen LogP contribution in [-0.2, 0) is 0 Å². The Balaban J connectivity index is 2.14. The SMILES string of the molecule is CC(Nc1ccc(Br)cc1)c1ccccc1O. The van der Waals surface area contributed by atoms with Gasteiger partial charge in [-0.05, 0) is 37.3 Å². The number of rotatable bonds is 3. The third kappa shape index (κ3) is 3.01. The summed E-state index contributed by atoms with van der Waals surface area (Å²) in [6.07, 6.45) is 0. The van der Waals surface area contributed by atoms with E-state index in [4.69, 9.17) is 0 Å². The van der Waals surface area contributed by atoms with Gasteiger partial charge in [0.25, 0.3) is 0 Å². The van der Waals surface area contributed by atoms with E-state index in [1.807, 2.05) is 49.4 Å². The average Bonchev–Trinajstić information content (AvgIpc) is 2.32. The Morgan fingerprint density at radius 3 is 2.35 bits per heavy atom. The van der Waals surface area contributed by atoms with Crippen LogP contribution < -0.4 is 5.32 Å². The first-order valence-electron chi connectivity index (χ1n) is 5.47. The zero-order chi connectivity index (χ0) is 12.3. The van der Waals surface area contributed by atoms with Gasteiger partial charge in [-0.15, -0.1) is 0 Å². The highest BCUT2D eigenvalue weighted by Crippen LogP contribution is 2.26. The van der Waals surface area contributed by atoms with Crippen LogP contribution in [0.15, 0.2) is 53.0 Å². The highest BCUT2D eigenvalue weighted by Gasteiger charge is 2.08. The van der Waals surface area contributed by atoms with Gasteiger partial charge < -0.3 is 10.4 Å². The Labute approximate surface area is 109 Å². The molecule has 2 rings (SSSR count). The van der Waals surface area contributed by atoms with E-state index in [1.54, 1.807) is 6.07 Å². The molecular weight excluding hydrogens is 278 g/mol. The van der Waals surface area contributed by atoms with Crippen molar-refractivity contribution in [1.29, 1.82) is 0 Å². The van der Waals surface area contributed by atoms with Gasteiger partial charge in [0.05, 0.1) is 6.04 Å². The maximum atomic E-state index is 9.76. The van der Waals surface area contributed by atoms with E-state index in [-0.39, 0.29) is 6.04 Å². The van der Waals surface area contributed by atoms with Crippen LogP contribution in [0.2, 0.25) is 0 Å². The van der Waals surface area contributed by atoms with E-state index in [1.165, 1.54) is 0 Å². The van der Waals surface area contributed by atoms with Crippen molar-refractivity contribution in [3.05, 3.63) is 58.6 Å². The van der Waals surface area contributed by atoms with Gasteiger partial charge in [0.2, 0.25) is 0 Å². The van der Waals surface area contributed by atoms with E-state index in [0.29, 0.717) is 5.75 Å². The van der Waals surface area contributed by atoms with Crippen molar-refractivity contribution in [3.8, 4) is 5.75 Å². The molecule has 0 spiro atoms. The van der Waals surface area contributed by atoms with Gasteiger partial charge in [-0.25, -0.2) is 0 Å². The third-order valence-electron chi connectivity index (χ3n) is 2.63. The zero-order valence-electron chi connectivity index (χ0n) is 9.52. The molecule has 1 atom stereocenters. The molecule has 1 unspecified atom stereocenters. The number of nitrogens with one attached hydrogen (secondary N) is 1. The summed E-state index contributed by atoms with van der Waals surface area (Å²) in [6, 6.07) is 15.4. The second-order valence-corrected chi connectivity index (χ2v) is 4.85. The summed E-state index contributed by atoms with van der Waals surface area (Å²) < 4.78 is 1.05. The number of benzene rings is 2. The van der Waals surface area contributed by atoms with Crippen molar-refractivity contribution in [2.24, 2.45) is 0 Å². The number of hydrogen-bond donors (Lipinski definition) is 2. The van der Waals surface area contributed by atoms with Crippen molar-refractivity contribution in [1.82, 2.24) is 0 Å². The molecule has 88 valence electrons. The van der Waals surface area contributed by atoms with Crippen LogP contribution in [-0.4, -0.2) is 5.11 Å². The number of para-hydroxylation sites is 1. The van der Waals surface area contributed by atoms with Crippen LogP contribution >= 0.6 is 15.9 Å². The van der Waals surface area contributed by atoms with Gasteiger partial charge in [0, 0.05) is 15.7 Å². The monoisotopic (exact) mass is 291 g/mol. The van der Waals surface area contributed by atoms with Gasteiger partial charge in [-0.2, -0.15) is 0 Å². The molecule has 0 aromatic heterocycles. The first-order chi connectivity index (χ1) is 8.16. The molecule has 2 nitrogen and oxygen atoms in total. The molecule has 0 radical (unpaired) electrons. The van der Waals surface area contributed by atoms with E-state index >= 15 is 0 Å². The molecule has 3 heteroatoms. The van der Waals surface area contributed by atoms with Crippen LogP contribution in [0.25, 0.3) is 0 Å². The number of phenols is 1. The first kappa shape index (κ1) is 12.0. The lowest BCUT2D eigenvalue weighted by Crippen LogP contribution is -2.06. The van der Waals surface area contributed by atoms with E-state index in [2.05, 4.69) is 21.2 Å².